The molecule has 2 atom stereocenters. The molecule has 4 heterocycles. The Morgan fingerprint density at radius 2 is 2.29 bits per heavy atom. The van der Waals surface area contributed by atoms with E-state index in [1.807, 2.05) is 12.4 Å². The summed E-state index contributed by atoms with van der Waals surface area (Å²) in [5.74, 6) is 1.22. The quantitative estimate of drug-likeness (QED) is 0.670. The van der Waals surface area contributed by atoms with Gasteiger partial charge in [0.05, 0.1) is 11.7 Å². The van der Waals surface area contributed by atoms with E-state index in [-0.39, 0.29) is 0 Å². The van der Waals surface area contributed by atoms with E-state index in [1.165, 1.54) is 12.1 Å². The molecule has 0 amide bonds. The molecule has 3 aromatic rings. The third-order valence-corrected chi connectivity index (χ3v) is 6.20. The molecule has 7 heteroatoms. The summed E-state index contributed by atoms with van der Waals surface area (Å²) in [5, 5.41) is 3.52. The minimum Gasteiger partial charge on any atom is -0.316 e. The molecule has 4 rings (SSSR count). The highest BCUT2D eigenvalue weighted by Gasteiger charge is 2.29. The van der Waals surface area contributed by atoms with Gasteiger partial charge in [-0.3, -0.25) is 8.37 Å². The first-order valence-corrected chi connectivity index (χ1v) is 10.5. The van der Waals surface area contributed by atoms with Crippen LogP contribution in [0.4, 0.5) is 0 Å². The third-order valence-electron chi connectivity index (χ3n) is 4.48. The van der Waals surface area contributed by atoms with E-state index in [4.69, 9.17) is 0 Å². The molecule has 0 spiro atoms. The SMILES string of the molecule is CC[C@@H]1CNC[C@@H]1c1cnc2cnc3c(ccn3SI)n12. The fourth-order valence-electron chi connectivity index (χ4n) is 3.37. The van der Waals surface area contributed by atoms with Gasteiger partial charge < -0.3 is 5.32 Å². The molecule has 5 nitrogen and oxygen atoms in total. The van der Waals surface area contributed by atoms with E-state index < -0.39 is 0 Å². The number of nitrogens with one attached hydrogen (secondary N) is 1. The molecule has 0 radical (unpaired) electrons. The number of rotatable bonds is 3. The Balaban J connectivity index is 1.95. The monoisotopic (exact) mass is 413 g/mol. The van der Waals surface area contributed by atoms with E-state index in [9.17, 15) is 0 Å². The summed E-state index contributed by atoms with van der Waals surface area (Å²) in [6.45, 7) is 4.42. The van der Waals surface area contributed by atoms with Gasteiger partial charge in [0.25, 0.3) is 0 Å². The van der Waals surface area contributed by atoms with E-state index in [0.29, 0.717) is 11.8 Å². The average Bonchev–Trinajstić information content (AvgIpc) is 3.22. The Morgan fingerprint density at radius 3 is 3.10 bits per heavy atom. The molecule has 1 aliphatic rings. The number of hydrogen-bond donors (Lipinski definition) is 1. The molecule has 21 heavy (non-hydrogen) atoms. The van der Waals surface area contributed by atoms with Crippen molar-refractivity contribution in [1.29, 1.82) is 0 Å². The number of imidazole rings is 1. The number of halogens is 1. The lowest BCUT2D eigenvalue weighted by Crippen LogP contribution is -2.12. The zero-order valence-corrected chi connectivity index (χ0v) is 14.6. The molecule has 0 unspecified atom stereocenters. The average molecular weight is 413 g/mol. The van der Waals surface area contributed by atoms with Crippen molar-refractivity contribution in [3.63, 3.8) is 0 Å². The van der Waals surface area contributed by atoms with Gasteiger partial charge in [0.2, 0.25) is 0 Å². The van der Waals surface area contributed by atoms with Crippen LogP contribution in [0.2, 0.25) is 0 Å². The van der Waals surface area contributed by atoms with Crippen LogP contribution in [0.5, 0.6) is 0 Å². The van der Waals surface area contributed by atoms with Crippen molar-refractivity contribution in [3.05, 3.63) is 30.4 Å². The predicted molar refractivity (Wildman–Crippen MR) is 94.9 cm³/mol. The molecule has 0 saturated carbocycles. The number of nitrogens with zero attached hydrogens (tertiary/aromatic N) is 4. The number of fused-ring (bicyclic) bond motifs is 3. The topological polar surface area (TPSA) is 47.2 Å². The van der Waals surface area contributed by atoms with Crippen molar-refractivity contribution in [2.75, 3.05) is 13.1 Å². The molecular formula is C14H16IN5S. The summed E-state index contributed by atoms with van der Waals surface area (Å²) in [4.78, 5) is 9.13. The van der Waals surface area contributed by atoms with Gasteiger partial charge in [0.1, 0.15) is 0 Å². The van der Waals surface area contributed by atoms with Crippen LogP contribution >= 0.6 is 30.3 Å². The molecule has 1 N–H and O–H groups in total. The summed E-state index contributed by atoms with van der Waals surface area (Å²) in [6, 6.07) is 2.13. The summed E-state index contributed by atoms with van der Waals surface area (Å²) in [6.07, 6.45) is 7.18. The van der Waals surface area contributed by atoms with Gasteiger partial charge in [-0.2, -0.15) is 0 Å². The van der Waals surface area contributed by atoms with Crippen molar-refractivity contribution < 1.29 is 0 Å². The second-order valence-electron chi connectivity index (χ2n) is 5.49. The van der Waals surface area contributed by atoms with Crippen molar-refractivity contribution in [1.82, 2.24) is 23.7 Å². The van der Waals surface area contributed by atoms with Crippen LogP contribution in [-0.2, 0) is 0 Å². The Morgan fingerprint density at radius 1 is 1.38 bits per heavy atom. The minimum absolute atomic E-state index is 0.534. The molecule has 0 bridgehead atoms. The molecule has 0 aromatic carbocycles. The highest BCUT2D eigenvalue weighted by Crippen LogP contribution is 2.33. The summed E-state index contributed by atoms with van der Waals surface area (Å²) < 4.78 is 4.37. The lowest BCUT2D eigenvalue weighted by atomic mass is 9.91. The second kappa shape index (κ2) is 5.44. The number of aromatic nitrogens is 4. The van der Waals surface area contributed by atoms with Gasteiger partial charge in [0, 0.05) is 60.9 Å². The molecule has 0 aliphatic carbocycles. The summed E-state index contributed by atoms with van der Waals surface area (Å²) in [7, 11) is 1.64. The maximum Gasteiger partial charge on any atom is 0.167 e. The van der Waals surface area contributed by atoms with Gasteiger partial charge in [-0.05, 0) is 18.5 Å². The fourth-order valence-corrected chi connectivity index (χ4v) is 4.64. The lowest BCUT2D eigenvalue weighted by molar-refractivity contribution is 0.493. The van der Waals surface area contributed by atoms with Crippen LogP contribution < -0.4 is 5.32 Å². The van der Waals surface area contributed by atoms with E-state index in [0.717, 1.165) is 29.9 Å². The van der Waals surface area contributed by atoms with E-state index in [1.54, 1.807) is 9.12 Å². The smallest absolute Gasteiger partial charge is 0.167 e. The first-order valence-electron chi connectivity index (χ1n) is 7.16. The van der Waals surface area contributed by atoms with Crippen LogP contribution in [-0.4, -0.2) is 31.4 Å². The molecular weight excluding hydrogens is 397 g/mol. The second-order valence-corrected chi connectivity index (χ2v) is 7.20. The number of hydrogen-bond acceptors (Lipinski definition) is 4. The van der Waals surface area contributed by atoms with Gasteiger partial charge in [0.15, 0.2) is 11.3 Å². The zero-order chi connectivity index (χ0) is 14.4. The first kappa shape index (κ1) is 13.8. The van der Waals surface area contributed by atoms with Gasteiger partial charge in [-0.15, -0.1) is 0 Å². The highest BCUT2D eigenvalue weighted by molar-refractivity contribution is 14.2. The van der Waals surface area contributed by atoms with Crippen LogP contribution in [0, 0.1) is 5.92 Å². The molecule has 1 aliphatic heterocycles. The Hall–Kier alpha value is -0.800. The maximum absolute atomic E-state index is 4.57. The highest BCUT2D eigenvalue weighted by atomic mass is 127. The van der Waals surface area contributed by atoms with Gasteiger partial charge >= 0.3 is 0 Å². The summed E-state index contributed by atoms with van der Waals surface area (Å²) in [5.41, 5.74) is 4.40. The van der Waals surface area contributed by atoms with Crippen LogP contribution in [0.1, 0.15) is 25.0 Å². The van der Waals surface area contributed by atoms with Crippen LogP contribution in [0.15, 0.2) is 24.7 Å². The minimum atomic E-state index is 0.534. The first-order chi connectivity index (χ1) is 10.3. The zero-order valence-electron chi connectivity index (χ0n) is 11.7. The molecule has 3 aromatic heterocycles. The normalized spacial score (nSPS) is 22.6. The van der Waals surface area contributed by atoms with Gasteiger partial charge in [-0.25, -0.2) is 9.97 Å². The fraction of sp³-hybridized carbons (Fsp3) is 0.429. The maximum atomic E-state index is 4.57. The molecule has 1 fully saturated rings. The Bertz CT molecular complexity index is 795. The van der Waals surface area contributed by atoms with Gasteiger partial charge in [-0.1, -0.05) is 13.3 Å². The van der Waals surface area contributed by atoms with Crippen LogP contribution in [0.3, 0.4) is 0 Å². The van der Waals surface area contributed by atoms with E-state index >= 15 is 0 Å². The van der Waals surface area contributed by atoms with Crippen molar-refractivity contribution in [3.8, 4) is 0 Å². The van der Waals surface area contributed by atoms with Crippen LogP contribution in [0.25, 0.3) is 16.8 Å². The van der Waals surface area contributed by atoms with Crippen molar-refractivity contribution in [2.45, 2.75) is 19.3 Å². The Labute approximate surface area is 139 Å². The van der Waals surface area contributed by atoms with E-state index in [2.05, 4.69) is 64.1 Å². The van der Waals surface area contributed by atoms with Crippen molar-refractivity contribution >= 4 is 47.1 Å². The molecule has 1 saturated heterocycles. The third kappa shape index (κ3) is 2.08. The predicted octanol–water partition coefficient (Wildman–Crippen LogP) is 3.24. The Kier molecular flexibility index (Phi) is 3.58. The molecule has 110 valence electrons. The lowest BCUT2D eigenvalue weighted by Gasteiger charge is -2.16. The summed E-state index contributed by atoms with van der Waals surface area (Å²) >= 11 is 2.28. The standard InChI is InChI=1S/C14H16IN5S/c1-2-9-5-16-6-10(9)12-7-17-13-8-18-14-11(20(12)13)3-4-19(14)21-15/h3-4,7-10,16H,2,5-6H2,1H3/t9-,10+/m1/s1. The largest absolute Gasteiger partial charge is 0.316 e. The van der Waals surface area contributed by atoms with Crippen molar-refractivity contribution in [2.24, 2.45) is 5.92 Å².